The van der Waals surface area contributed by atoms with Crippen molar-refractivity contribution in [3.63, 3.8) is 0 Å². The maximum atomic E-state index is 3.71. The minimum atomic E-state index is 0.526. The lowest BCUT2D eigenvalue weighted by molar-refractivity contribution is 0.457. The molecular weight excluding hydrogens is 182 g/mol. The summed E-state index contributed by atoms with van der Waals surface area (Å²) in [5.41, 5.74) is 1.05. The summed E-state index contributed by atoms with van der Waals surface area (Å²) in [7, 11) is 0. The van der Waals surface area contributed by atoms with Gasteiger partial charge in [-0.3, -0.25) is 0 Å². The highest BCUT2D eigenvalue weighted by atomic mass is 14.9. The van der Waals surface area contributed by atoms with Crippen molar-refractivity contribution in [1.82, 2.24) is 5.32 Å². The minimum Gasteiger partial charge on any atom is -0.310 e. The molecule has 1 heteroatoms. The van der Waals surface area contributed by atoms with E-state index >= 15 is 0 Å². The van der Waals surface area contributed by atoms with Crippen molar-refractivity contribution >= 4 is 0 Å². The fourth-order valence-electron chi connectivity index (χ4n) is 3.10. The molecule has 2 aliphatic carbocycles. The molecule has 0 radical (unpaired) electrons. The van der Waals surface area contributed by atoms with Gasteiger partial charge in [-0.2, -0.15) is 0 Å². The summed E-state index contributed by atoms with van der Waals surface area (Å²) in [5, 5.41) is 3.71. The standard InChI is InChI=1S/C14H25N/c1-13(2)12(14(13,3)4)10-15-11-8-6-5-7-9-11/h6,8,11-12,15H,5,7,9-10H2,1-4H3. The number of hydrogen-bond acceptors (Lipinski definition) is 1. The van der Waals surface area contributed by atoms with Gasteiger partial charge in [0.05, 0.1) is 0 Å². The van der Waals surface area contributed by atoms with Gasteiger partial charge in [0.15, 0.2) is 0 Å². The van der Waals surface area contributed by atoms with Crippen LogP contribution in [0.5, 0.6) is 0 Å². The van der Waals surface area contributed by atoms with Gasteiger partial charge in [0.25, 0.3) is 0 Å². The van der Waals surface area contributed by atoms with E-state index in [1.165, 1.54) is 25.8 Å². The van der Waals surface area contributed by atoms with E-state index in [0.717, 1.165) is 5.92 Å². The summed E-state index contributed by atoms with van der Waals surface area (Å²) in [6, 6.07) is 0.644. The molecule has 0 aromatic heterocycles. The molecule has 0 aliphatic heterocycles. The Kier molecular flexibility index (Phi) is 2.70. The minimum absolute atomic E-state index is 0.526. The van der Waals surface area contributed by atoms with Gasteiger partial charge >= 0.3 is 0 Å². The molecule has 1 atom stereocenters. The highest BCUT2D eigenvalue weighted by molar-refractivity contribution is 5.13. The summed E-state index contributed by atoms with van der Waals surface area (Å²) >= 11 is 0. The van der Waals surface area contributed by atoms with Crippen LogP contribution in [-0.4, -0.2) is 12.6 Å². The van der Waals surface area contributed by atoms with Crippen molar-refractivity contribution in [1.29, 1.82) is 0 Å². The molecule has 1 unspecified atom stereocenters. The molecule has 86 valence electrons. The van der Waals surface area contributed by atoms with E-state index in [2.05, 4.69) is 45.2 Å². The SMILES string of the molecule is CC1(C)C(CNC2C=CCCC2)C1(C)C. The highest BCUT2D eigenvalue weighted by Gasteiger charge is 2.63. The van der Waals surface area contributed by atoms with Crippen LogP contribution in [0.3, 0.4) is 0 Å². The van der Waals surface area contributed by atoms with E-state index in [1.54, 1.807) is 0 Å². The van der Waals surface area contributed by atoms with E-state index in [0.29, 0.717) is 16.9 Å². The first-order valence-corrected chi connectivity index (χ1v) is 6.36. The van der Waals surface area contributed by atoms with E-state index < -0.39 is 0 Å². The quantitative estimate of drug-likeness (QED) is 0.700. The van der Waals surface area contributed by atoms with Crippen LogP contribution >= 0.6 is 0 Å². The van der Waals surface area contributed by atoms with E-state index in [4.69, 9.17) is 0 Å². The largest absolute Gasteiger partial charge is 0.310 e. The molecule has 0 spiro atoms. The monoisotopic (exact) mass is 207 g/mol. The van der Waals surface area contributed by atoms with Gasteiger partial charge in [-0.15, -0.1) is 0 Å². The molecule has 1 nitrogen and oxygen atoms in total. The summed E-state index contributed by atoms with van der Waals surface area (Å²) in [5.74, 6) is 0.848. The Labute approximate surface area is 94.3 Å². The predicted octanol–water partition coefficient (Wildman–Crippen LogP) is 3.37. The lowest BCUT2D eigenvalue weighted by atomic mass is 10.0. The average Bonchev–Trinajstić information content (AvgIpc) is 2.57. The third-order valence-electron chi connectivity index (χ3n) is 5.16. The van der Waals surface area contributed by atoms with E-state index in [-0.39, 0.29) is 0 Å². The molecule has 0 amide bonds. The van der Waals surface area contributed by atoms with Crippen LogP contribution in [-0.2, 0) is 0 Å². The van der Waals surface area contributed by atoms with Gasteiger partial charge in [0.1, 0.15) is 0 Å². The molecule has 2 aliphatic rings. The van der Waals surface area contributed by atoms with Crippen molar-refractivity contribution in [3.8, 4) is 0 Å². The normalized spacial score (nSPS) is 32.9. The molecule has 1 saturated carbocycles. The van der Waals surface area contributed by atoms with Crippen molar-refractivity contribution in [2.45, 2.75) is 53.0 Å². The van der Waals surface area contributed by atoms with Crippen LogP contribution < -0.4 is 5.32 Å². The van der Waals surface area contributed by atoms with Crippen LogP contribution in [0.25, 0.3) is 0 Å². The molecule has 0 aromatic rings. The predicted molar refractivity (Wildman–Crippen MR) is 65.8 cm³/mol. The molecule has 1 fully saturated rings. The lowest BCUT2D eigenvalue weighted by Gasteiger charge is -2.18. The first-order chi connectivity index (χ1) is 6.96. The Morgan fingerprint density at radius 2 is 1.87 bits per heavy atom. The second kappa shape index (κ2) is 3.62. The van der Waals surface area contributed by atoms with Gasteiger partial charge in [-0.05, 0) is 42.6 Å². The summed E-state index contributed by atoms with van der Waals surface area (Å²) in [4.78, 5) is 0. The fraction of sp³-hybridized carbons (Fsp3) is 0.857. The van der Waals surface area contributed by atoms with Crippen molar-refractivity contribution in [3.05, 3.63) is 12.2 Å². The zero-order valence-electron chi connectivity index (χ0n) is 10.6. The Hall–Kier alpha value is -0.300. The number of rotatable bonds is 3. The van der Waals surface area contributed by atoms with Crippen LogP contribution in [0.2, 0.25) is 0 Å². The zero-order chi connectivity index (χ0) is 11.1. The maximum absolute atomic E-state index is 3.71. The van der Waals surface area contributed by atoms with Crippen LogP contribution in [0, 0.1) is 16.7 Å². The van der Waals surface area contributed by atoms with Gasteiger partial charge in [0.2, 0.25) is 0 Å². The Bertz CT molecular complexity index is 249. The average molecular weight is 207 g/mol. The van der Waals surface area contributed by atoms with Crippen molar-refractivity contribution < 1.29 is 0 Å². The number of allylic oxidation sites excluding steroid dienone is 1. The summed E-state index contributed by atoms with van der Waals surface area (Å²) in [6.07, 6.45) is 8.63. The molecule has 0 bridgehead atoms. The van der Waals surface area contributed by atoms with E-state index in [9.17, 15) is 0 Å². The Morgan fingerprint density at radius 3 is 2.33 bits per heavy atom. The maximum Gasteiger partial charge on any atom is 0.0250 e. The third kappa shape index (κ3) is 1.87. The van der Waals surface area contributed by atoms with E-state index in [1.807, 2.05) is 0 Å². The Balaban J connectivity index is 1.80. The lowest BCUT2D eigenvalue weighted by Crippen LogP contribution is -2.31. The van der Waals surface area contributed by atoms with Crippen LogP contribution in [0.1, 0.15) is 47.0 Å². The summed E-state index contributed by atoms with van der Waals surface area (Å²) < 4.78 is 0. The molecule has 0 saturated heterocycles. The topological polar surface area (TPSA) is 12.0 Å². The first kappa shape index (κ1) is 11.2. The highest BCUT2D eigenvalue weighted by Crippen LogP contribution is 2.67. The number of hydrogen-bond donors (Lipinski definition) is 1. The second-order valence-electron chi connectivity index (χ2n) is 6.37. The molecule has 2 rings (SSSR count). The van der Waals surface area contributed by atoms with Gasteiger partial charge in [-0.25, -0.2) is 0 Å². The Morgan fingerprint density at radius 1 is 1.20 bits per heavy atom. The number of nitrogens with one attached hydrogen (secondary N) is 1. The fourth-order valence-corrected chi connectivity index (χ4v) is 3.10. The summed E-state index contributed by atoms with van der Waals surface area (Å²) in [6.45, 7) is 10.8. The third-order valence-corrected chi connectivity index (χ3v) is 5.16. The zero-order valence-corrected chi connectivity index (χ0v) is 10.6. The van der Waals surface area contributed by atoms with Crippen molar-refractivity contribution in [2.75, 3.05) is 6.54 Å². The molecule has 1 N–H and O–H groups in total. The second-order valence-corrected chi connectivity index (χ2v) is 6.37. The molecule has 0 aromatic carbocycles. The smallest absolute Gasteiger partial charge is 0.0250 e. The van der Waals surface area contributed by atoms with Crippen LogP contribution in [0.4, 0.5) is 0 Å². The first-order valence-electron chi connectivity index (χ1n) is 6.36. The molecular formula is C14H25N. The van der Waals surface area contributed by atoms with Crippen LogP contribution in [0.15, 0.2) is 12.2 Å². The molecule has 15 heavy (non-hydrogen) atoms. The molecule has 0 heterocycles. The van der Waals surface area contributed by atoms with Crippen molar-refractivity contribution in [2.24, 2.45) is 16.7 Å². The van der Waals surface area contributed by atoms with Gasteiger partial charge in [0, 0.05) is 6.04 Å². The van der Waals surface area contributed by atoms with Gasteiger partial charge < -0.3 is 5.32 Å². The van der Waals surface area contributed by atoms with Gasteiger partial charge in [-0.1, -0.05) is 39.8 Å².